The maximum atomic E-state index is 10.1. The maximum Gasteiger partial charge on any atom is 0.330 e. The Balaban J connectivity index is 3.95. The summed E-state index contributed by atoms with van der Waals surface area (Å²) in [6.07, 6.45) is 3.30. The Morgan fingerprint density at radius 1 is 1.82 bits per heavy atom. The first kappa shape index (κ1) is 9.75. The fourth-order valence-corrected chi connectivity index (χ4v) is 0.673. The van der Waals surface area contributed by atoms with Crippen LogP contribution in [0.3, 0.4) is 0 Å². The van der Waals surface area contributed by atoms with E-state index in [0.29, 0.717) is 12.1 Å². The highest BCUT2D eigenvalue weighted by atomic mass is 16.4. The molecule has 3 N–H and O–H groups in total. The van der Waals surface area contributed by atoms with Crippen LogP contribution >= 0.6 is 0 Å². The number of aliphatic carboxylic acids is 1. The van der Waals surface area contributed by atoms with Crippen molar-refractivity contribution < 1.29 is 9.90 Å². The lowest BCUT2D eigenvalue weighted by molar-refractivity contribution is -0.131. The molecule has 1 atom stereocenters. The molecule has 62 valence electrons. The van der Waals surface area contributed by atoms with Crippen molar-refractivity contribution in [2.75, 3.05) is 0 Å². The van der Waals surface area contributed by atoms with E-state index in [1.165, 1.54) is 0 Å². The van der Waals surface area contributed by atoms with E-state index < -0.39 is 5.97 Å². The second kappa shape index (κ2) is 4.55. The molecule has 0 aliphatic heterocycles. The number of hydrogen-bond donors (Lipinski definition) is 2. The molecule has 0 rings (SSSR count). The molecule has 0 fully saturated rings. The fourth-order valence-electron chi connectivity index (χ4n) is 0.673. The van der Waals surface area contributed by atoms with Crippen molar-refractivity contribution >= 4 is 5.97 Å². The molecular weight excluding hydrogens is 142 g/mol. The third-order valence-electron chi connectivity index (χ3n) is 1.27. The Kier molecular flexibility index (Phi) is 4.03. The van der Waals surface area contributed by atoms with Crippen LogP contribution < -0.4 is 5.73 Å². The van der Waals surface area contributed by atoms with E-state index in [1.54, 1.807) is 6.08 Å². The van der Waals surface area contributed by atoms with Gasteiger partial charge in [-0.15, -0.1) is 6.58 Å². The number of hydrogen-bond acceptors (Lipinski definition) is 2. The molecule has 0 aliphatic carbocycles. The van der Waals surface area contributed by atoms with Crippen LogP contribution in [0.2, 0.25) is 0 Å². The van der Waals surface area contributed by atoms with Gasteiger partial charge in [0, 0.05) is 11.8 Å². The Morgan fingerprint density at radius 3 is 2.73 bits per heavy atom. The maximum absolute atomic E-state index is 10.1. The van der Waals surface area contributed by atoms with Crippen LogP contribution in [-0.4, -0.2) is 11.1 Å². The monoisotopic (exact) mass is 155 g/mol. The van der Waals surface area contributed by atoms with E-state index >= 15 is 0 Å². The number of allylic oxidation sites excluding steroid dienone is 2. The van der Waals surface area contributed by atoms with Crippen molar-refractivity contribution in [2.45, 2.75) is 13.3 Å². The first-order chi connectivity index (χ1) is 5.06. The zero-order valence-corrected chi connectivity index (χ0v) is 6.58. The normalized spacial score (nSPS) is 14.1. The number of rotatable bonds is 4. The van der Waals surface area contributed by atoms with E-state index in [2.05, 4.69) is 6.58 Å². The molecule has 0 spiro atoms. The highest BCUT2D eigenvalue weighted by molar-refractivity contribution is 5.80. The minimum atomic E-state index is -1.00. The third-order valence-corrected chi connectivity index (χ3v) is 1.27. The molecule has 0 amide bonds. The molecular formula is C8H13NO2. The van der Waals surface area contributed by atoms with Crippen LogP contribution in [-0.2, 0) is 4.79 Å². The van der Waals surface area contributed by atoms with Crippen LogP contribution in [0.15, 0.2) is 24.4 Å². The molecule has 0 aromatic rings. The molecule has 3 heteroatoms. The minimum absolute atomic E-state index is 0.227. The molecule has 11 heavy (non-hydrogen) atoms. The van der Waals surface area contributed by atoms with Gasteiger partial charge in [0.05, 0.1) is 0 Å². The summed E-state index contributed by atoms with van der Waals surface area (Å²) in [5.74, 6) is -0.774. The predicted molar refractivity (Wildman–Crippen MR) is 43.9 cm³/mol. The van der Waals surface area contributed by atoms with Gasteiger partial charge in [0.25, 0.3) is 0 Å². The van der Waals surface area contributed by atoms with E-state index in [4.69, 9.17) is 10.8 Å². The number of carboxylic acid groups (broad SMARTS) is 1. The van der Waals surface area contributed by atoms with Crippen molar-refractivity contribution in [1.29, 1.82) is 0 Å². The van der Waals surface area contributed by atoms with Gasteiger partial charge in [0.1, 0.15) is 0 Å². The first-order valence-electron chi connectivity index (χ1n) is 3.37. The van der Waals surface area contributed by atoms with Gasteiger partial charge in [-0.25, -0.2) is 4.79 Å². The molecule has 0 heterocycles. The van der Waals surface area contributed by atoms with Crippen LogP contribution in [0.5, 0.6) is 0 Å². The SMILES string of the molecule is C=CC(C)CC(N)=CC(=O)O. The molecule has 0 aromatic heterocycles. The molecule has 0 aromatic carbocycles. The van der Waals surface area contributed by atoms with Gasteiger partial charge in [-0.2, -0.15) is 0 Å². The van der Waals surface area contributed by atoms with Crippen molar-refractivity contribution in [1.82, 2.24) is 0 Å². The Bertz CT molecular complexity index is 185. The third kappa shape index (κ3) is 5.21. The lowest BCUT2D eigenvalue weighted by Gasteiger charge is -2.03. The van der Waals surface area contributed by atoms with Gasteiger partial charge in [-0.1, -0.05) is 13.0 Å². The van der Waals surface area contributed by atoms with Crippen molar-refractivity contribution in [3.05, 3.63) is 24.4 Å². The lowest BCUT2D eigenvalue weighted by Crippen LogP contribution is -2.05. The summed E-state index contributed by atoms with van der Waals surface area (Å²) in [7, 11) is 0. The molecule has 3 nitrogen and oxygen atoms in total. The topological polar surface area (TPSA) is 63.3 Å². The van der Waals surface area contributed by atoms with Gasteiger partial charge >= 0.3 is 5.97 Å². The van der Waals surface area contributed by atoms with Gasteiger partial charge in [-0.3, -0.25) is 0 Å². The van der Waals surface area contributed by atoms with Crippen molar-refractivity contribution in [3.8, 4) is 0 Å². The Labute approximate surface area is 66.2 Å². The predicted octanol–water partition coefficient (Wildman–Crippen LogP) is 1.13. The summed E-state index contributed by atoms with van der Waals surface area (Å²) in [4.78, 5) is 10.1. The highest BCUT2D eigenvalue weighted by Gasteiger charge is 1.99. The van der Waals surface area contributed by atoms with Crippen molar-refractivity contribution in [3.63, 3.8) is 0 Å². The minimum Gasteiger partial charge on any atom is -0.478 e. The van der Waals surface area contributed by atoms with Gasteiger partial charge in [0.2, 0.25) is 0 Å². The molecule has 1 unspecified atom stereocenters. The van der Waals surface area contributed by atoms with Gasteiger partial charge < -0.3 is 10.8 Å². The van der Waals surface area contributed by atoms with Crippen molar-refractivity contribution in [2.24, 2.45) is 11.7 Å². The second-order valence-corrected chi connectivity index (χ2v) is 2.47. The quantitative estimate of drug-likeness (QED) is 0.472. The Morgan fingerprint density at radius 2 is 2.36 bits per heavy atom. The van der Waals surface area contributed by atoms with Gasteiger partial charge in [0.15, 0.2) is 0 Å². The zero-order chi connectivity index (χ0) is 8.85. The number of carbonyl (C=O) groups is 1. The number of nitrogens with two attached hydrogens (primary N) is 1. The van der Waals surface area contributed by atoms with Crippen LogP contribution in [0.1, 0.15) is 13.3 Å². The number of carboxylic acids is 1. The smallest absolute Gasteiger partial charge is 0.330 e. The van der Waals surface area contributed by atoms with Crippen LogP contribution in [0, 0.1) is 5.92 Å². The Hall–Kier alpha value is -1.25. The van der Waals surface area contributed by atoms with Crippen LogP contribution in [0.25, 0.3) is 0 Å². The summed E-state index contributed by atoms with van der Waals surface area (Å²) >= 11 is 0. The summed E-state index contributed by atoms with van der Waals surface area (Å²) in [5, 5.41) is 8.29. The average molecular weight is 155 g/mol. The molecule has 0 bridgehead atoms. The highest BCUT2D eigenvalue weighted by Crippen LogP contribution is 2.06. The van der Waals surface area contributed by atoms with E-state index in [0.717, 1.165) is 6.08 Å². The molecule has 0 aliphatic rings. The standard InChI is InChI=1S/C8H13NO2/c1-3-6(2)4-7(9)5-8(10)11/h3,5-6H,1,4,9H2,2H3,(H,10,11). The fraction of sp³-hybridized carbons (Fsp3) is 0.375. The molecule has 0 radical (unpaired) electrons. The zero-order valence-electron chi connectivity index (χ0n) is 6.58. The molecule has 0 saturated carbocycles. The first-order valence-corrected chi connectivity index (χ1v) is 3.37. The average Bonchev–Trinajstić information content (AvgIpc) is 1.85. The summed E-state index contributed by atoms with van der Waals surface area (Å²) in [5.41, 5.74) is 5.76. The largest absolute Gasteiger partial charge is 0.478 e. The van der Waals surface area contributed by atoms with E-state index in [-0.39, 0.29) is 5.92 Å². The van der Waals surface area contributed by atoms with E-state index in [9.17, 15) is 4.79 Å². The van der Waals surface area contributed by atoms with E-state index in [1.807, 2.05) is 6.92 Å². The second-order valence-electron chi connectivity index (χ2n) is 2.47. The van der Waals surface area contributed by atoms with Crippen LogP contribution in [0.4, 0.5) is 0 Å². The summed E-state index contributed by atoms with van der Waals surface area (Å²) in [6.45, 7) is 5.49. The summed E-state index contributed by atoms with van der Waals surface area (Å²) < 4.78 is 0. The summed E-state index contributed by atoms with van der Waals surface area (Å²) in [6, 6.07) is 0. The van der Waals surface area contributed by atoms with Gasteiger partial charge in [-0.05, 0) is 12.3 Å². The molecule has 0 saturated heterocycles. The lowest BCUT2D eigenvalue weighted by atomic mass is 10.1.